The summed E-state index contributed by atoms with van der Waals surface area (Å²) in [7, 11) is 0. The minimum Gasteiger partial charge on any atom is -0.480 e. The van der Waals surface area contributed by atoms with E-state index < -0.39 is 53.9 Å². The number of Topliss-reactive ketones (excluding diaryl/α,β-unsaturated/α-hetero) is 1. The van der Waals surface area contributed by atoms with Crippen LogP contribution in [0.2, 0.25) is 5.02 Å². The molecule has 2 aliphatic carbocycles. The van der Waals surface area contributed by atoms with Gasteiger partial charge in [0.05, 0.1) is 5.54 Å². The number of carboxylic acid groups (broad SMARTS) is 1. The summed E-state index contributed by atoms with van der Waals surface area (Å²) in [5.74, 6) is -3.48. The second kappa shape index (κ2) is 16.4. The normalized spacial score (nSPS) is 17.7. The number of amides is 2. The van der Waals surface area contributed by atoms with Crippen LogP contribution in [0.25, 0.3) is 0 Å². The molecular weight excluding hydrogens is 743 g/mol. The van der Waals surface area contributed by atoms with Crippen molar-refractivity contribution in [3.05, 3.63) is 64.7 Å². The lowest BCUT2D eigenvalue weighted by Crippen LogP contribution is -2.44. The second-order valence-electron chi connectivity index (χ2n) is 15.9. The van der Waals surface area contributed by atoms with Crippen LogP contribution in [0.1, 0.15) is 88.6 Å². The monoisotopic (exact) mass is 787 g/mol. The predicted molar refractivity (Wildman–Crippen MR) is 198 cm³/mol. The summed E-state index contributed by atoms with van der Waals surface area (Å²) in [6, 6.07) is 10.9. The van der Waals surface area contributed by atoms with Gasteiger partial charge in [-0.15, -0.1) is 0 Å². The lowest BCUT2D eigenvalue weighted by Gasteiger charge is -2.44. The molecule has 5 N–H and O–H groups in total. The van der Waals surface area contributed by atoms with Crippen molar-refractivity contribution in [3.8, 4) is 6.01 Å². The highest BCUT2D eigenvalue weighted by molar-refractivity contribution is 6.36. The van der Waals surface area contributed by atoms with E-state index in [1.807, 2.05) is 12.1 Å². The standard InChI is InChI=1S/C38H45ClF3N7O6/c1-35(2)18-22(19-36(3,4)20-35)17-28(50)30(52)43-16-13-27(31(53)54)45-29(51)23-5-11-26(12-6-23)44-32-46-33(48-34(47-32)55-21-38(40,41)42)49-37(14-15-37)24-7-9-25(39)10-8-24/h5-12,22,27H,13-21H2,1-4H3,(H,43,52)(H,45,51)(H,53,54)(H2,44,46,47,48,49)/t27-/m0/s1. The highest BCUT2D eigenvalue weighted by atomic mass is 35.5. The van der Waals surface area contributed by atoms with Crippen LogP contribution in [0.3, 0.4) is 0 Å². The third-order valence-electron chi connectivity index (χ3n) is 9.57. The maximum Gasteiger partial charge on any atom is 0.422 e. The number of carbonyl (C=O) groups is 4. The average Bonchev–Trinajstić information content (AvgIpc) is 3.85. The maximum absolute atomic E-state index is 13.0. The first kappa shape index (κ1) is 41.2. The summed E-state index contributed by atoms with van der Waals surface area (Å²) < 4.78 is 43.7. The first-order chi connectivity index (χ1) is 25.7. The van der Waals surface area contributed by atoms with Crippen LogP contribution >= 0.6 is 11.6 Å². The van der Waals surface area contributed by atoms with Crippen LogP contribution in [0.15, 0.2) is 48.5 Å². The van der Waals surface area contributed by atoms with E-state index in [1.165, 1.54) is 24.3 Å². The van der Waals surface area contributed by atoms with Gasteiger partial charge in [0.25, 0.3) is 11.8 Å². The Kier molecular flexibility index (Phi) is 12.3. The number of halogens is 4. The SMILES string of the molecule is CC1(C)CC(CC(=O)C(=O)NCC[C@H](NC(=O)c2ccc(Nc3nc(NC4(c5ccc(Cl)cc5)CC4)nc(OCC(F)(F)F)n3)cc2)C(=O)O)CC(C)(C)C1. The fourth-order valence-corrected chi connectivity index (χ4v) is 7.73. The summed E-state index contributed by atoms with van der Waals surface area (Å²) in [5, 5.41) is 21.2. The number of carbonyl (C=O) groups excluding carboxylic acids is 3. The number of aliphatic carboxylic acids is 1. The quantitative estimate of drug-likeness (QED) is 0.0961. The molecule has 2 aromatic carbocycles. The Morgan fingerprint density at radius 2 is 1.55 bits per heavy atom. The summed E-state index contributed by atoms with van der Waals surface area (Å²) in [5.41, 5.74) is 0.895. The molecule has 0 unspecified atom stereocenters. The molecule has 296 valence electrons. The minimum atomic E-state index is -4.64. The Labute approximate surface area is 321 Å². The van der Waals surface area contributed by atoms with E-state index in [4.69, 9.17) is 16.3 Å². The van der Waals surface area contributed by atoms with E-state index in [-0.39, 0.29) is 53.6 Å². The molecule has 1 atom stereocenters. The number of carboxylic acids is 1. The average molecular weight is 788 g/mol. The number of ketones is 1. The molecule has 2 fully saturated rings. The molecule has 3 aromatic rings. The Morgan fingerprint density at radius 1 is 0.927 bits per heavy atom. The molecule has 0 radical (unpaired) electrons. The Bertz CT molecular complexity index is 1870. The number of nitrogens with one attached hydrogen (secondary N) is 4. The van der Waals surface area contributed by atoms with Crippen molar-refractivity contribution in [2.75, 3.05) is 23.8 Å². The molecule has 17 heteroatoms. The summed E-state index contributed by atoms with van der Waals surface area (Å²) in [6.45, 7) is 6.87. The summed E-state index contributed by atoms with van der Waals surface area (Å²) in [6.07, 6.45) is -0.571. The van der Waals surface area contributed by atoms with E-state index in [9.17, 15) is 37.5 Å². The van der Waals surface area contributed by atoms with Gasteiger partial charge in [-0.2, -0.15) is 28.1 Å². The molecule has 55 heavy (non-hydrogen) atoms. The molecule has 2 saturated carbocycles. The minimum absolute atomic E-state index is 0.0318. The lowest BCUT2D eigenvalue weighted by atomic mass is 9.60. The molecule has 0 aliphatic heterocycles. The Morgan fingerprint density at radius 3 is 2.13 bits per heavy atom. The van der Waals surface area contributed by atoms with Crippen molar-refractivity contribution in [2.24, 2.45) is 16.7 Å². The van der Waals surface area contributed by atoms with E-state index in [1.54, 1.807) is 12.1 Å². The molecule has 5 rings (SSSR count). The second-order valence-corrected chi connectivity index (χ2v) is 16.3. The predicted octanol–water partition coefficient (Wildman–Crippen LogP) is 6.81. The van der Waals surface area contributed by atoms with Gasteiger partial charge in [0.2, 0.25) is 17.7 Å². The lowest BCUT2D eigenvalue weighted by molar-refractivity contribution is -0.154. The van der Waals surface area contributed by atoms with Crippen molar-refractivity contribution >= 4 is 52.8 Å². The number of ether oxygens (including phenoxy) is 1. The largest absolute Gasteiger partial charge is 0.480 e. The van der Waals surface area contributed by atoms with Crippen molar-refractivity contribution in [2.45, 2.75) is 90.4 Å². The van der Waals surface area contributed by atoms with Gasteiger partial charge in [-0.05, 0) is 97.2 Å². The number of nitrogens with zero attached hydrogens (tertiary/aromatic N) is 3. The van der Waals surface area contributed by atoms with Crippen LogP contribution in [-0.4, -0.2) is 69.0 Å². The maximum atomic E-state index is 13.0. The van der Waals surface area contributed by atoms with E-state index >= 15 is 0 Å². The van der Waals surface area contributed by atoms with E-state index in [0.29, 0.717) is 23.6 Å². The van der Waals surface area contributed by atoms with Gasteiger partial charge in [-0.25, -0.2) is 4.79 Å². The number of hydrogen-bond donors (Lipinski definition) is 5. The van der Waals surface area contributed by atoms with Gasteiger partial charge in [0, 0.05) is 29.2 Å². The van der Waals surface area contributed by atoms with Gasteiger partial charge in [0.15, 0.2) is 6.61 Å². The zero-order valence-corrected chi connectivity index (χ0v) is 31.7. The van der Waals surface area contributed by atoms with Crippen LogP contribution in [0.4, 0.5) is 30.8 Å². The smallest absolute Gasteiger partial charge is 0.422 e. The number of anilines is 3. The van der Waals surface area contributed by atoms with Crippen molar-refractivity contribution in [1.29, 1.82) is 0 Å². The van der Waals surface area contributed by atoms with Crippen molar-refractivity contribution in [3.63, 3.8) is 0 Å². The van der Waals surface area contributed by atoms with Gasteiger partial charge < -0.3 is 31.1 Å². The molecule has 13 nitrogen and oxygen atoms in total. The topological polar surface area (TPSA) is 185 Å². The highest BCUT2D eigenvalue weighted by Gasteiger charge is 2.45. The van der Waals surface area contributed by atoms with Crippen LogP contribution < -0.4 is 26.0 Å². The Hall–Kier alpha value is -4.99. The molecule has 0 spiro atoms. The van der Waals surface area contributed by atoms with Gasteiger partial charge >= 0.3 is 18.2 Å². The molecule has 2 aliphatic rings. The fourth-order valence-electron chi connectivity index (χ4n) is 7.61. The first-order valence-electron chi connectivity index (χ1n) is 17.9. The number of benzene rings is 2. The van der Waals surface area contributed by atoms with Crippen molar-refractivity contribution < 1.29 is 42.2 Å². The number of alkyl halides is 3. The zero-order chi connectivity index (χ0) is 40.2. The third-order valence-corrected chi connectivity index (χ3v) is 9.82. The highest BCUT2D eigenvalue weighted by Crippen LogP contribution is 2.50. The molecule has 0 bridgehead atoms. The molecule has 2 amide bonds. The van der Waals surface area contributed by atoms with Crippen LogP contribution in [-0.2, 0) is 19.9 Å². The molecule has 0 saturated heterocycles. The van der Waals surface area contributed by atoms with Gasteiger partial charge in [-0.1, -0.05) is 51.4 Å². The number of hydrogen-bond acceptors (Lipinski definition) is 10. The van der Waals surface area contributed by atoms with Crippen molar-refractivity contribution in [1.82, 2.24) is 25.6 Å². The molecule has 1 heterocycles. The van der Waals surface area contributed by atoms with Crippen LogP contribution in [0, 0.1) is 16.7 Å². The van der Waals surface area contributed by atoms with Crippen LogP contribution in [0.5, 0.6) is 6.01 Å². The summed E-state index contributed by atoms with van der Waals surface area (Å²) in [4.78, 5) is 62.5. The number of rotatable bonds is 16. The first-order valence-corrected chi connectivity index (χ1v) is 18.3. The fraction of sp³-hybridized carbons (Fsp3) is 0.500. The third kappa shape index (κ3) is 12.0. The summed E-state index contributed by atoms with van der Waals surface area (Å²) >= 11 is 6.03. The Balaban J connectivity index is 1.17. The molecular formula is C38H45ClF3N7O6. The van der Waals surface area contributed by atoms with E-state index in [2.05, 4.69) is 63.9 Å². The van der Waals surface area contributed by atoms with Gasteiger partial charge in [-0.3, -0.25) is 14.4 Å². The zero-order valence-electron chi connectivity index (χ0n) is 31.0. The molecule has 1 aromatic heterocycles. The van der Waals surface area contributed by atoms with Gasteiger partial charge in [0.1, 0.15) is 6.04 Å². The van der Waals surface area contributed by atoms with E-state index in [0.717, 1.165) is 24.8 Å². The number of aromatic nitrogens is 3.